The van der Waals surface area contributed by atoms with Crippen molar-refractivity contribution >= 4 is 11.9 Å². The Morgan fingerprint density at radius 1 is 1.44 bits per heavy atom. The molecule has 1 rings (SSSR count). The Labute approximate surface area is 108 Å². The van der Waals surface area contributed by atoms with E-state index in [4.69, 9.17) is 10.8 Å². The number of hydrogen-bond acceptors (Lipinski definition) is 3. The molecule has 104 valence electrons. The highest BCUT2D eigenvalue weighted by Gasteiger charge is 2.40. The van der Waals surface area contributed by atoms with E-state index in [0.717, 1.165) is 25.7 Å². The summed E-state index contributed by atoms with van der Waals surface area (Å²) < 4.78 is 0. The highest BCUT2D eigenvalue weighted by atomic mass is 16.4. The summed E-state index contributed by atoms with van der Waals surface area (Å²) in [6.07, 6.45) is 3.57. The van der Waals surface area contributed by atoms with Gasteiger partial charge in [-0.15, -0.1) is 0 Å². The van der Waals surface area contributed by atoms with Gasteiger partial charge in [0.1, 0.15) is 0 Å². The number of nitrogens with one attached hydrogen (secondary N) is 1. The molecular weight excluding hydrogens is 232 g/mol. The van der Waals surface area contributed by atoms with Crippen LogP contribution in [0.15, 0.2) is 0 Å². The average Bonchev–Trinajstić information content (AvgIpc) is 2.29. The van der Waals surface area contributed by atoms with Crippen molar-refractivity contribution < 1.29 is 14.7 Å². The number of carboxylic acids is 1. The molecule has 0 radical (unpaired) electrons. The normalized spacial score (nSPS) is 29.6. The summed E-state index contributed by atoms with van der Waals surface area (Å²) in [6, 6.07) is -0.349. The lowest BCUT2D eigenvalue weighted by Crippen LogP contribution is -2.50. The van der Waals surface area contributed by atoms with E-state index in [1.165, 1.54) is 0 Å². The van der Waals surface area contributed by atoms with Gasteiger partial charge in [0, 0.05) is 12.6 Å². The van der Waals surface area contributed by atoms with Gasteiger partial charge < -0.3 is 16.2 Å². The largest absolute Gasteiger partial charge is 0.481 e. The Kier molecular flexibility index (Phi) is 5.14. The molecule has 0 aromatic rings. The SMILES string of the molecule is CC1CCC(CN)(C(=O)NC(C)CC(=O)O)CC1. The second-order valence-corrected chi connectivity index (χ2v) is 5.64. The maximum atomic E-state index is 12.3. The van der Waals surface area contributed by atoms with Gasteiger partial charge in [-0.25, -0.2) is 0 Å². The molecule has 0 heterocycles. The summed E-state index contributed by atoms with van der Waals surface area (Å²) in [5, 5.41) is 11.5. The molecule has 0 spiro atoms. The Hall–Kier alpha value is -1.10. The van der Waals surface area contributed by atoms with Crippen LogP contribution in [-0.2, 0) is 9.59 Å². The molecule has 5 heteroatoms. The second-order valence-electron chi connectivity index (χ2n) is 5.64. The van der Waals surface area contributed by atoms with Gasteiger partial charge in [0.25, 0.3) is 0 Å². The van der Waals surface area contributed by atoms with Gasteiger partial charge in [0.05, 0.1) is 11.8 Å². The maximum Gasteiger partial charge on any atom is 0.305 e. The minimum Gasteiger partial charge on any atom is -0.481 e. The van der Waals surface area contributed by atoms with E-state index in [1.807, 2.05) is 0 Å². The molecule has 0 bridgehead atoms. The molecule has 1 atom stereocenters. The van der Waals surface area contributed by atoms with E-state index in [9.17, 15) is 9.59 Å². The first-order valence-electron chi connectivity index (χ1n) is 6.62. The number of amides is 1. The Morgan fingerprint density at radius 3 is 2.44 bits per heavy atom. The Bertz CT molecular complexity index is 309. The topological polar surface area (TPSA) is 92.4 Å². The molecule has 5 nitrogen and oxygen atoms in total. The molecule has 1 saturated carbocycles. The van der Waals surface area contributed by atoms with Gasteiger partial charge >= 0.3 is 5.97 Å². The number of carboxylic acid groups (broad SMARTS) is 1. The van der Waals surface area contributed by atoms with E-state index in [2.05, 4.69) is 12.2 Å². The standard InChI is InChI=1S/C13H24N2O3/c1-9-3-5-13(8-14,6-4-9)12(18)15-10(2)7-11(16)17/h9-10H,3-8,14H2,1-2H3,(H,15,18)(H,16,17). The van der Waals surface area contributed by atoms with Crippen molar-refractivity contribution in [1.82, 2.24) is 5.32 Å². The fourth-order valence-corrected chi connectivity index (χ4v) is 2.53. The smallest absolute Gasteiger partial charge is 0.305 e. The van der Waals surface area contributed by atoms with Gasteiger partial charge in [-0.3, -0.25) is 9.59 Å². The van der Waals surface area contributed by atoms with Crippen LogP contribution in [0, 0.1) is 11.3 Å². The molecule has 1 aliphatic rings. The highest BCUT2D eigenvalue weighted by molar-refractivity contribution is 5.83. The second kappa shape index (κ2) is 6.18. The molecule has 1 amide bonds. The van der Waals surface area contributed by atoms with Crippen molar-refractivity contribution in [1.29, 1.82) is 0 Å². The predicted octanol–water partition coefficient (Wildman–Crippen LogP) is 1.12. The van der Waals surface area contributed by atoms with Crippen LogP contribution >= 0.6 is 0 Å². The zero-order chi connectivity index (χ0) is 13.8. The Morgan fingerprint density at radius 2 is 2.00 bits per heavy atom. The third kappa shape index (κ3) is 3.70. The third-order valence-corrected chi connectivity index (χ3v) is 3.96. The van der Waals surface area contributed by atoms with Crippen molar-refractivity contribution in [3.63, 3.8) is 0 Å². The number of nitrogens with two attached hydrogens (primary N) is 1. The first kappa shape index (κ1) is 15.0. The van der Waals surface area contributed by atoms with Crippen LogP contribution in [0.1, 0.15) is 46.0 Å². The molecule has 0 aromatic carbocycles. The lowest BCUT2D eigenvalue weighted by molar-refractivity contribution is -0.138. The quantitative estimate of drug-likeness (QED) is 0.687. The van der Waals surface area contributed by atoms with Crippen molar-refractivity contribution in [2.75, 3.05) is 6.54 Å². The van der Waals surface area contributed by atoms with Crippen molar-refractivity contribution in [2.24, 2.45) is 17.1 Å². The van der Waals surface area contributed by atoms with Crippen LogP contribution in [-0.4, -0.2) is 29.6 Å². The molecular formula is C13H24N2O3. The van der Waals surface area contributed by atoms with Gasteiger partial charge in [-0.05, 0) is 38.5 Å². The van der Waals surface area contributed by atoms with Crippen LogP contribution in [0.2, 0.25) is 0 Å². The van der Waals surface area contributed by atoms with Crippen LogP contribution in [0.5, 0.6) is 0 Å². The summed E-state index contributed by atoms with van der Waals surface area (Å²) in [4.78, 5) is 22.8. The van der Waals surface area contributed by atoms with Gasteiger partial charge in [-0.2, -0.15) is 0 Å². The minimum atomic E-state index is -0.901. The summed E-state index contributed by atoms with van der Waals surface area (Å²) in [7, 11) is 0. The molecule has 1 fully saturated rings. The first-order chi connectivity index (χ1) is 8.39. The van der Waals surface area contributed by atoms with E-state index in [0.29, 0.717) is 12.5 Å². The van der Waals surface area contributed by atoms with Crippen LogP contribution in [0.25, 0.3) is 0 Å². The van der Waals surface area contributed by atoms with E-state index >= 15 is 0 Å². The third-order valence-electron chi connectivity index (χ3n) is 3.96. The molecule has 1 aliphatic carbocycles. The van der Waals surface area contributed by atoms with Crippen molar-refractivity contribution in [3.05, 3.63) is 0 Å². The number of rotatable bonds is 5. The van der Waals surface area contributed by atoms with Crippen molar-refractivity contribution in [3.8, 4) is 0 Å². The lowest BCUT2D eigenvalue weighted by Gasteiger charge is -2.37. The number of hydrogen-bond donors (Lipinski definition) is 3. The van der Waals surface area contributed by atoms with Crippen molar-refractivity contribution in [2.45, 2.75) is 52.0 Å². The van der Waals surface area contributed by atoms with E-state index in [-0.39, 0.29) is 18.4 Å². The monoisotopic (exact) mass is 256 g/mol. The number of aliphatic carboxylic acids is 1. The predicted molar refractivity (Wildman–Crippen MR) is 69.0 cm³/mol. The van der Waals surface area contributed by atoms with Gasteiger partial charge in [0.15, 0.2) is 0 Å². The molecule has 4 N–H and O–H groups in total. The van der Waals surface area contributed by atoms with E-state index in [1.54, 1.807) is 6.92 Å². The minimum absolute atomic E-state index is 0.0528. The summed E-state index contributed by atoms with van der Waals surface area (Å²) in [5.41, 5.74) is 5.30. The maximum absolute atomic E-state index is 12.3. The number of carbonyl (C=O) groups excluding carboxylic acids is 1. The summed E-state index contributed by atoms with van der Waals surface area (Å²) in [6.45, 7) is 4.23. The molecule has 18 heavy (non-hydrogen) atoms. The fraction of sp³-hybridized carbons (Fsp3) is 0.846. The van der Waals surface area contributed by atoms with Gasteiger partial charge in [-0.1, -0.05) is 6.92 Å². The molecule has 0 saturated heterocycles. The molecule has 1 unspecified atom stereocenters. The van der Waals surface area contributed by atoms with Crippen LogP contribution < -0.4 is 11.1 Å². The Balaban J connectivity index is 2.59. The first-order valence-corrected chi connectivity index (χ1v) is 6.62. The van der Waals surface area contributed by atoms with E-state index < -0.39 is 11.4 Å². The molecule has 0 aliphatic heterocycles. The van der Waals surface area contributed by atoms with Crippen LogP contribution in [0.3, 0.4) is 0 Å². The number of carbonyl (C=O) groups is 2. The highest BCUT2D eigenvalue weighted by Crippen LogP contribution is 2.38. The zero-order valence-electron chi connectivity index (χ0n) is 11.2. The summed E-state index contributed by atoms with van der Waals surface area (Å²) in [5.74, 6) is -0.332. The molecule has 0 aromatic heterocycles. The average molecular weight is 256 g/mol. The fourth-order valence-electron chi connectivity index (χ4n) is 2.53. The summed E-state index contributed by atoms with van der Waals surface area (Å²) >= 11 is 0. The van der Waals surface area contributed by atoms with Crippen LogP contribution in [0.4, 0.5) is 0 Å². The van der Waals surface area contributed by atoms with Gasteiger partial charge in [0.2, 0.25) is 5.91 Å². The lowest BCUT2D eigenvalue weighted by atomic mass is 9.70. The zero-order valence-corrected chi connectivity index (χ0v) is 11.2.